The van der Waals surface area contributed by atoms with Crippen molar-refractivity contribution < 1.29 is 19.0 Å². The number of nitrogens with one attached hydrogen (secondary N) is 1. The van der Waals surface area contributed by atoms with Crippen molar-refractivity contribution in [1.82, 2.24) is 4.90 Å². The number of amidine groups is 2. The van der Waals surface area contributed by atoms with Gasteiger partial charge < -0.3 is 14.2 Å². The van der Waals surface area contributed by atoms with E-state index in [1.165, 1.54) is 17.3 Å². The van der Waals surface area contributed by atoms with Crippen LogP contribution >= 0.6 is 11.8 Å². The zero-order valence-electron chi connectivity index (χ0n) is 19.5. The maximum absolute atomic E-state index is 12.5. The number of carbonyl (C=O) groups excluding carboxylic acids is 1. The molecular weight excluding hydrogens is 450 g/mol. The summed E-state index contributed by atoms with van der Waals surface area (Å²) in [6.45, 7) is 5.07. The van der Waals surface area contributed by atoms with Gasteiger partial charge in [-0.1, -0.05) is 36.9 Å². The number of carbonyl (C=O) groups is 1. The Bertz CT molecular complexity index is 1190. The molecule has 0 saturated carbocycles. The highest BCUT2D eigenvalue weighted by Gasteiger charge is 2.32. The van der Waals surface area contributed by atoms with Crippen LogP contribution in [0.25, 0.3) is 6.08 Å². The summed E-state index contributed by atoms with van der Waals surface area (Å²) in [5.74, 6) is 1.71. The first kappa shape index (κ1) is 23.6. The Hall–Kier alpha value is -3.52. The summed E-state index contributed by atoms with van der Waals surface area (Å²) in [6, 6.07) is 13.5. The molecule has 0 bridgehead atoms. The summed E-state index contributed by atoms with van der Waals surface area (Å²) in [6.07, 6.45) is 5.19. The van der Waals surface area contributed by atoms with E-state index in [1.807, 2.05) is 31.3 Å². The van der Waals surface area contributed by atoms with Crippen LogP contribution < -0.4 is 14.2 Å². The highest BCUT2D eigenvalue weighted by Crippen LogP contribution is 2.34. The lowest BCUT2D eigenvalue weighted by molar-refractivity contribution is -0.114. The minimum absolute atomic E-state index is 0.114. The monoisotopic (exact) mass is 477 g/mol. The molecule has 8 heteroatoms. The van der Waals surface area contributed by atoms with Gasteiger partial charge in [-0.25, -0.2) is 0 Å². The summed E-state index contributed by atoms with van der Waals surface area (Å²) in [5.41, 5.74) is 2.24. The highest BCUT2D eigenvalue weighted by molar-refractivity contribution is 8.17. The van der Waals surface area contributed by atoms with Crippen LogP contribution in [-0.4, -0.2) is 42.1 Å². The number of allylic oxidation sites excluding steroid dienone is 1. The average Bonchev–Trinajstić information content (AvgIpc) is 3.22. The average molecular weight is 478 g/mol. The number of rotatable bonds is 9. The number of fused-ring (bicyclic) bond motifs is 1. The number of hydrogen-bond donors (Lipinski definition) is 1. The lowest BCUT2D eigenvalue weighted by atomic mass is 10.1. The van der Waals surface area contributed by atoms with E-state index in [9.17, 15) is 4.79 Å². The first-order valence-corrected chi connectivity index (χ1v) is 11.9. The normalized spacial score (nSPS) is 16.3. The second kappa shape index (κ2) is 10.6. The topological polar surface area (TPSA) is 84.2 Å². The Morgan fingerprint density at radius 2 is 1.85 bits per heavy atom. The lowest BCUT2D eigenvalue weighted by Gasteiger charge is -2.22. The van der Waals surface area contributed by atoms with Crippen LogP contribution in [0.3, 0.4) is 0 Å². The van der Waals surface area contributed by atoms with Crippen molar-refractivity contribution >= 4 is 34.7 Å². The number of aryl methyl sites for hydroxylation is 1. The number of aliphatic imine (C=N–C) groups is 1. The molecule has 34 heavy (non-hydrogen) atoms. The molecule has 0 atom stereocenters. The smallest absolute Gasteiger partial charge is 0.283 e. The summed E-state index contributed by atoms with van der Waals surface area (Å²) in [7, 11) is 1.57. The van der Waals surface area contributed by atoms with Crippen molar-refractivity contribution in [2.75, 3.05) is 20.3 Å². The molecule has 2 aromatic rings. The fourth-order valence-corrected chi connectivity index (χ4v) is 4.33. The van der Waals surface area contributed by atoms with Crippen LogP contribution in [0.15, 0.2) is 64.1 Å². The predicted molar refractivity (Wildman–Crippen MR) is 136 cm³/mol. The summed E-state index contributed by atoms with van der Waals surface area (Å²) in [5, 5.41) is 8.95. The molecule has 2 heterocycles. The fourth-order valence-electron chi connectivity index (χ4n) is 3.51. The van der Waals surface area contributed by atoms with Crippen LogP contribution in [0.5, 0.6) is 17.2 Å². The molecule has 0 unspecified atom stereocenters. The van der Waals surface area contributed by atoms with Crippen molar-refractivity contribution in [3.8, 4) is 17.2 Å². The minimum Gasteiger partial charge on any atom is -0.493 e. The molecule has 0 aliphatic carbocycles. The molecule has 0 radical (unpaired) electrons. The first-order chi connectivity index (χ1) is 16.5. The van der Waals surface area contributed by atoms with E-state index in [2.05, 4.69) is 24.0 Å². The van der Waals surface area contributed by atoms with Gasteiger partial charge in [0, 0.05) is 17.5 Å². The molecule has 2 aromatic carbocycles. The van der Waals surface area contributed by atoms with Crippen LogP contribution in [0, 0.1) is 5.41 Å². The summed E-state index contributed by atoms with van der Waals surface area (Å²) >= 11 is 1.39. The molecule has 7 nitrogen and oxygen atoms in total. The van der Waals surface area contributed by atoms with Gasteiger partial charge in [0.15, 0.2) is 16.7 Å². The predicted octanol–water partition coefficient (Wildman–Crippen LogP) is 5.27. The Balaban J connectivity index is 1.36. The quantitative estimate of drug-likeness (QED) is 0.391. The second-order valence-electron chi connectivity index (χ2n) is 7.78. The number of nitrogens with zero attached hydrogens (tertiary/aromatic N) is 2. The van der Waals surface area contributed by atoms with Gasteiger partial charge in [-0.2, -0.15) is 4.99 Å². The molecule has 2 aliphatic rings. The Morgan fingerprint density at radius 3 is 2.59 bits per heavy atom. The standard InChI is InChI=1S/C26H27N3O4S/c1-4-18-6-9-20(10-7-18)32-12-5-13-33-22-11-8-19(15-23(22)31-3)14-21-24(27)29-16-17(2)34-26(29)28-25(21)30/h6-11,14-16,27H,4-5,12-13H2,1-3H3/b21-14+,27-24?. The Morgan fingerprint density at radius 1 is 1.09 bits per heavy atom. The van der Waals surface area contributed by atoms with Gasteiger partial charge in [0.1, 0.15) is 11.6 Å². The van der Waals surface area contributed by atoms with Gasteiger partial charge in [0.05, 0.1) is 25.9 Å². The number of methoxy groups -OCH3 is 1. The third kappa shape index (κ3) is 5.34. The van der Waals surface area contributed by atoms with E-state index in [4.69, 9.17) is 19.6 Å². The Kier molecular flexibility index (Phi) is 7.37. The van der Waals surface area contributed by atoms with Gasteiger partial charge in [-0.05, 0) is 54.8 Å². The van der Waals surface area contributed by atoms with Crippen molar-refractivity contribution in [1.29, 1.82) is 5.41 Å². The maximum Gasteiger partial charge on any atom is 0.283 e. The third-order valence-electron chi connectivity index (χ3n) is 5.34. The van der Waals surface area contributed by atoms with E-state index in [0.717, 1.165) is 29.1 Å². The van der Waals surface area contributed by atoms with E-state index in [0.29, 0.717) is 29.9 Å². The SMILES string of the molecule is CCc1ccc(OCCCOc2ccc(/C=C3\C(=N)N4C=C(C)SC4=NC3=O)cc2OC)cc1. The van der Waals surface area contributed by atoms with Gasteiger partial charge in [0.2, 0.25) is 0 Å². The van der Waals surface area contributed by atoms with Crippen LogP contribution in [-0.2, 0) is 11.2 Å². The summed E-state index contributed by atoms with van der Waals surface area (Å²) in [4.78, 5) is 19.2. The zero-order chi connectivity index (χ0) is 24.1. The summed E-state index contributed by atoms with van der Waals surface area (Å²) < 4.78 is 17.1. The van der Waals surface area contributed by atoms with Crippen LogP contribution in [0.2, 0.25) is 0 Å². The maximum atomic E-state index is 12.5. The van der Waals surface area contributed by atoms with Crippen LogP contribution in [0.1, 0.15) is 31.4 Å². The van der Waals surface area contributed by atoms with E-state index >= 15 is 0 Å². The molecule has 1 N–H and O–H groups in total. The molecule has 0 saturated heterocycles. The van der Waals surface area contributed by atoms with E-state index < -0.39 is 5.91 Å². The molecule has 0 spiro atoms. The highest BCUT2D eigenvalue weighted by atomic mass is 32.2. The van der Waals surface area contributed by atoms with Crippen molar-refractivity contribution in [3.05, 3.63) is 70.3 Å². The molecule has 2 aliphatic heterocycles. The largest absolute Gasteiger partial charge is 0.493 e. The second-order valence-corrected chi connectivity index (χ2v) is 8.99. The van der Waals surface area contributed by atoms with Gasteiger partial charge in [-0.15, -0.1) is 0 Å². The molecule has 4 rings (SSSR count). The zero-order valence-corrected chi connectivity index (χ0v) is 20.3. The number of thioether (sulfide) groups is 1. The van der Waals surface area contributed by atoms with E-state index in [-0.39, 0.29) is 11.4 Å². The van der Waals surface area contributed by atoms with Crippen molar-refractivity contribution in [2.24, 2.45) is 4.99 Å². The minimum atomic E-state index is -0.421. The van der Waals surface area contributed by atoms with Gasteiger partial charge in [0.25, 0.3) is 5.91 Å². The number of benzene rings is 2. The number of ether oxygens (including phenoxy) is 3. The Labute approximate surface area is 203 Å². The van der Waals surface area contributed by atoms with Gasteiger partial charge >= 0.3 is 0 Å². The number of hydrogen-bond acceptors (Lipinski definition) is 6. The molecule has 0 fully saturated rings. The molecule has 0 aromatic heterocycles. The number of amides is 1. The fraction of sp³-hybridized carbons (Fsp3) is 0.269. The lowest BCUT2D eigenvalue weighted by Crippen LogP contribution is -2.35. The van der Waals surface area contributed by atoms with Crippen molar-refractivity contribution in [3.63, 3.8) is 0 Å². The molecular formula is C26H27N3O4S. The molecule has 176 valence electrons. The first-order valence-electron chi connectivity index (χ1n) is 11.1. The molecule has 1 amide bonds. The van der Waals surface area contributed by atoms with Gasteiger partial charge in [-0.3, -0.25) is 15.1 Å². The van der Waals surface area contributed by atoms with E-state index in [1.54, 1.807) is 30.2 Å². The van der Waals surface area contributed by atoms with Crippen LogP contribution in [0.4, 0.5) is 0 Å². The third-order valence-corrected chi connectivity index (χ3v) is 6.24. The van der Waals surface area contributed by atoms with Crippen molar-refractivity contribution in [2.45, 2.75) is 26.7 Å².